The zero-order valence-corrected chi connectivity index (χ0v) is 29.6. The molecule has 0 saturated heterocycles. The van der Waals surface area contributed by atoms with Crippen molar-refractivity contribution in [2.45, 2.75) is 145 Å². The van der Waals surface area contributed by atoms with Crippen molar-refractivity contribution in [3.63, 3.8) is 0 Å². The lowest BCUT2D eigenvalue weighted by atomic mass is 9.93. The Kier molecular flexibility index (Phi) is 26.7. The molecule has 2 heteroatoms. The molecule has 2 aromatic carbocycles. The van der Waals surface area contributed by atoms with Crippen molar-refractivity contribution < 1.29 is 0 Å². The molecule has 0 aromatic heterocycles. The molecule has 0 aliphatic carbocycles. The van der Waals surface area contributed by atoms with E-state index in [2.05, 4.69) is 121 Å². The van der Waals surface area contributed by atoms with Gasteiger partial charge in [-0.05, 0) is 80.0 Å². The Hall–Kier alpha value is -2.48. The fourth-order valence-corrected chi connectivity index (χ4v) is 5.08. The first kappa shape index (κ1) is 40.5. The van der Waals surface area contributed by atoms with Crippen LogP contribution in [-0.4, -0.2) is 13.1 Å². The summed E-state index contributed by atoms with van der Waals surface area (Å²) in [5, 5.41) is 6.93. The number of unbranched alkanes of at least 4 members (excludes halogenated alkanes) is 5. The van der Waals surface area contributed by atoms with Crippen molar-refractivity contribution in [3.8, 4) is 11.1 Å². The van der Waals surface area contributed by atoms with Gasteiger partial charge in [-0.3, -0.25) is 0 Å². The van der Waals surface area contributed by atoms with Crippen LogP contribution in [0.25, 0.3) is 11.1 Å². The summed E-state index contributed by atoms with van der Waals surface area (Å²) in [6.45, 7) is 25.9. The van der Waals surface area contributed by atoms with Gasteiger partial charge in [0.25, 0.3) is 0 Å². The molecule has 2 aromatic rings. The molecule has 0 aliphatic heterocycles. The number of hydrogen-bond donors (Lipinski definition) is 2. The smallest absolute Gasteiger partial charge is 0.0146 e. The van der Waals surface area contributed by atoms with Crippen LogP contribution in [0.2, 0.25) is 0 Å². The third-order valence-corrected chi connectivity index (χ3v) is 7.66. The first-order valence-corrected chi connectivity index (χ1v) is 17.8. The average molecular weight is 591 g/mol. The highest BCUT2D eigenvalue weighted by Gasteiger charge is 2.07. The van der Waals surface area contributed by atoms with Crippen LogP contribution in [0.1, 0.15) is 143 Å². The minimum absolute atomic E-state index is 0.853. The van der Waals surface area contributed by atoms with Crippen LogP contribution in [-0.2, 0) is 6.42 Å². The van der Waals surface area contributed by atoms with Crippen molar-refractivity contribution in [2.75, 3.05) is 13.1 Å². The molecule has 1 unspecified atom stereocenters. The lowest BCUT2D eigenvalue weighted by Crippen LogP contribution is -2.16. The van der Waals surface area contributed by atoms with Crippen LogP contribution in [0.3, 0.4) is 0 Å². The molecule has 2 nitrogen and oxygen atoms in total. The summed E-state index contributed by atoms with van der Waals surface area (Å²) in [4.78, 5) is 0. The van der Waals surface area contributed by atoms with Crippen molar-refractivity contribution >= 4 is 0 Å². The molecule has 244 valence electrons. The molecule has 0 aliphatic rings. The highest BCUT2D eigenvalue weighted by atomic mass is 14.9. The SMILES string of the molecule is C=C(CCCCC)NCCC(C)CCC.C=C(CCCc1ccccc1-c1ccccc1C)NCCCCCC.CCC. The van der Waals surface area contributed by atoms with Crippen LogP contribution in [0.4, 0.5) is 0 Å². The maximum atomic E-state index is 4.19. The fraction of sp³-hybridized carbons (Fsp3) is 0.610. The van der Waals surface area contributed by atoms with E-state index in [1.54, 1.807) is 0 Å². The molecule has 0 spiro atoms. The van der Waals surface area contributed by atoms with Gasteiger partial charge in [-0.2, -0.15) is 0 Å². The molecular formula is C41H70N2. The van der Waals surface area contributed by atoms with Crippen molar-refractivity contribution in [1.82, 2.24) is 10.6 Å². The molecular weight excluding hydrogens is 520 g/mol. The minimum atomic E-state index is 0.853. The van der Waals surface area contributed by atoms with Gasteiger partial charge in [0, 0.05) is 24.5 Å². The number of allylic oxidation sites excluding steroid dienone is 2. The number of hydrogen-bond acceptors (Lipinski definition) is 2. The van der Waals surface area contributed by atoms with Crippen LogP contribution in [0.15, 0.2) is 73.1 Å². The van der Waals surface area contributed by atoms with Crippen LogP contribution in [0, 0.1) is 12.8 Å². The fourth-order valence-electron chi connectivity index (χ4n) is 5.08. The number of nitrogens with one attached hydrogen (secondary N) is 2. The molecule has 2 N–H and O–H groups in total. The summed E-state index contributed by atoms with van der Waals surface area (Å²) in [5.41, 5.74) is 7.92. The van der Waals surface area contributed by atoms with Gasteiger partial charge in [0.2, 0.25) is 0 Å². The number of aryl methyl sites for hydroxylation is 2. The van der Waals surface area contributed by atoms with Gasteiger partial charge >= 0.3 is 0 Å². The summed E-state index contributed by atoms with van der Waals surface area (Å²) in [6, 6.07) is 17.5. The average Bonchev–Trinajstić information content (AvgIpc) is 2.99. The largest absolute Gasteiger partial charge is 0.389 e. The molecule has 0 saturated carbocycles. The first-order chi connectivity index (χ1) is 20.8. The molecule has 0 radical (unpaired) electrons. The second-order valence-corrected chi connectivity index (χ2v) is 12.3. The summed E-state index contributed by atoms with van der Waals surface area (Å²) < 4.78 is 0. The molecule has 0 bridgehead atoms. The molecule has 2 rings (SSSR count). The van der Waals surface area contributed by atoms with E-state index in [9.17, 15) is 0 Å². The molecule has 1 atom stereocenters. The Morgan fingerprint density at radius 1 is 0.628 bits per heavy atom. The summed E-state index contributed by atoms with van der Waals surface area (Å²) in [6.07, 6.45) is 18.7. The van der Waals surface area contributed by atoms with E-state index in [1.165, 1.54) is 104 Å². The standard InChI is InChI=1S/C24H33N.C14H29N.C3H8/c1-4-5-6-11-19-25-21(3)14-12-16-22-15-8-10-18-24(22)23-17-9-7-13-20(23)2;1-5-7-8-10-14(4)15-12-11-13(3)9-6-2;1-3-2/h7-10,13,15,17-18,25H,3-6,11-12,14,16,19H2,1-2H3;13,15H,4-12H2,1-3H3;3H2,1-2H3. The highest BCUT2D eigenvalue weighted by Crippen LogP contribution is 2.28. The van der Waals surface area contributed by atoms with Crippen molar-refractivity contribution in [3.05, 3.63) is 84.2 Å². The first-order valence-electron chi connectivity index (χ1n) is 17.8. The van der Waals surface area contributed by atoms with Crippen molar-refractivity contribution in [1.29, 1.82) is 0 Å². The quantitative estimate of drug-likeness (QED) is 0.141. The monoisotopic (exact) mass is 591 g/mol. The zero-order valence-electron chi connectivity index (χ0n) is 29.6. The van der Waals surface area contributed by atoms with E-state index in [-0.39, 0.29) is 0 Å². The van der Waals surface area contributed by atoms with Gasteiger partial charge in [-0.15, -0.1) is 0 Å². The molecule has 43 heavy (non-hydrogen) atoms. The molecule has 0 fully saturated rings. The maximum Gasteiger partial charge on any atom is 0.0146 e. The minimum Gasteiger partial charge on any atom is -0.389 e. The van der Waals surface area contributed by atoms with Crippen LogP contribution in [0.5, 0.6) is 0 Å². The number of benzene rings is 2. The van der Waals surface area contributed by atoms with E-state index < -0.39 is 0 Å². The topological polar surface area (TPSA) is 24.1 Å². The van der Waals surface area contributed by atoms with Crippen molar-refractivity contribution in [2.24, 2.45) is 5.92 Å². The summed E-state index contributed by atoms with van der Waals surface area (Å²) in [7, 11) is 0. The second-order valence-electron chi connectivity index (χ2n) is 12.3. The van der Waals surface area contributed by atoms with E-state index in [1.807, 2.05) is 0 Å². The molecule has 0 amide bonds. The van der Waals surface area contributed by atoms with Gasteiger partial charge in [0.15, 0.2) is 0 Å². The Morgan fingerprint density at radius 3 is 1.81 bits per heavy atom. The predicted molar refractivity (Wildman–Crippen MR) is 197 cm³/mol. The lowest BCUT2D eigenvalue weighted by Gasteiger charge is -2.13. The third-order valence-electron chi connectivity index (χ3n) is 7.66. The zero-order chi connectivity index (χ0) is 32.1. The van der Waals surface area contributed by atoms with E-state index >= 15 is 0 Å². The van der Waals surface area contributed by atoms with Gasteiger partial charge in [-0.1, -0.05) is 155 Å². The van der Waals surface area contributed by atoms with E-state index in [0.29, 0.717) is 0 Å². The van der Waals surface area contributed by atoms with E-state index in [0.717, 1.165) is 44.7 Å². The normalized spacial score (nSPS) is 11.0. The summed E-state index contributed by atoms with van der Waals surface area (Å²) >= 11 is 0. The van der Waals surface area contributed by atoms with Gasteiger partial charge < -0.3 is 10.6 Å². The van der Waals surface area contributed by atoms with Gasteiger partial charge in [0.05, 0.1) is 0 Å². The highest BCUT2D eigenvalue weighted by molar-refractivity contribution is 5.70. The number of rotatable bonds is 21. The summed E-state index contributed by atoms with van der Waals surface area (Å²) in [5.74, 6) is 0.853. The molecule has 0 heterocycles. The maximum absolute atomic E-state index is 4.19. The Labute approximate surface area is 269 Å². The Morgan fingerprint density at radius 2 is 1.19 bits per heavy atom. The predicted octanol–water partition coefficient (Wildman–Crippen LogP) is 12.6. The Balaban J connectivity index is 0.000000838. The second kappa shape index (κ2) is 28.3. The lowest BCUT2D eigenvalue weighted by molar-refractivity contribution is 0.474. The third kappa shape index (κ3) is 21.8. The van der Waals surface area contributed by atoms with Gasteiger partial charge in [-0.25, -0.2) is 0 Å². The van der Waals surface area contributed by atoms with Crippen LogP contribution >= 0.6 is 0 Å². The van der Waals surface area contributed by atoms with Crippen LogP contribution < -0.4 is 10.6 Å². The van der Waals surface area contributed by atoms with Gasteiger partial charge in [0.1, 0.15) is 0 Å². The van der Waals surface area contributed by atoms with E-state index in [4.69, 9.17) is 0 Å². The Bertz CT molecular complexity index is 944.